The van der Waals surface area contributed by atoms with Gasteiger partial charge in [-0.3, -0.25) is 0 Å². The van der Waals surface area contributed by atoms with Crippen LogP contribution in [-0.4, -0.2) is 16.7 Å². The van der Waals surface area contributed by atoms with Gasteiger partial charge in [0, 0.05) is 0 Å². The van der Waals surface area contributed by atoms with Gasteiger partial charge in [0.25, 0.3) is 5.28 Å². The topological polar surface area (TPSA) is 48.2 Å². The highest BCUT2D eigenvalue weighted by Crippen LogP contribution is 2.09. The van der Waals surface area contributed by atoms with Gasteiger partial charge in [0.05, 0.1) is 13.0 Å². The number of ether oxygens (including phenoxy) is 1. The minimum Gasteiger partial charge on any atom is -0.493 e. The molecule has 5 heteroatoms. The number of hydrogen-bond donors (Lipinski definition) is 0. The van der Waals surface area contributed by atoms with Crippen LogP contribution in [0.5, 0.6) is 5.75 Å². The smallest absolute Gasteiger partial charge is 0.263 e. The molecule has 0 atom stereocenters. The van der Waals surface area contributed by atoms with Gasteiger partial charge < -0.3 is 9.26 Å². The van der Waals surface area contributed by atoms with E-state index in [1.54, 1.807) is 0 Å². The van der Waals surface area contributed by atoms with E-state index in [2.05, 4.69) is 10.1 Å². The van der Waals surface area contributed by atoms with E-state index in [4.69, 9.17) is 20.9 Å². The first-order valence-corrected chi connectivity index (χ1v) is 4.88. The molecular formula is C10H9ClN2O2. The van der Waals surface area contributed by atoms with E-state index in [1.807, 2.05) is 30.3 Å². The summed E-state index contributed by atoms with van der Waals surface area (Å²) in [5.41, 5.74) is 0. The van der Waals surface area contributed by atoms with Gasteiger partial charge in [-0.1, -0.05) is 18.2 Å². The Morgan fingerprint density at radius 3 is 2.73 bits per heavy atom. The summed E-state index contributed by atoms with van der Waals surface area (Å²) in [6, 6.07) is 9.55. The second-order valence-corrected chi connectivity index (χ2v) is 3.21. The number of nitrogens with zero attached hydrogens (tertiary/aromatic N) is 2. The predicted octanol–water partition coefficient (Wildman–Crippen LogP) is 2.34. The van der Waals surface area contributed by atoms with Gasteiger partial charge in [-0.15, -0.1) is 0 Å². The van der Waals surface area contributed by atoms with Gasteiger partial charge >= 0.3 is 0 Å². The van der Waals surface area contributed by atoms with Crippen LogP contribution < -0.4 is 4.74 Å². The van der Waals surface area contributed by atoms with E-state index < -0.39 is 0 Å². The molecule has 78 valence electrons. The van der Waals surface area contributed by atoms with Crippen molar-refractivity contribution in [2.45, 2.75) is 6.42 Å². The van der Waals surface area contributed by atoms with Crippen molar-refractivity contribution in [1.82, 2.24) is 10.1 Å². The molecule has 4 nitrogen and oxygen atoms in total. The monoisotopic (exact) mass is 224 g/mol. The first kappa shape index (κ1) is 9.98. The van der Waals surface area contributed by atoms with Crippen LogP contribution in [0.25, 0.3) is 0 Å². The third-order valence-electron chi connectivity index (χ3n) is 1.77. The largest absolute Gasteiger partial charge is 0.493 e. The van der Waals surface area contributed by atoms with Gasteiger partial charge in [0.1, 0.15) is 5.75 Å². The van der Waals surface area contributed by atoms with Crippen molar-refractivity contribution in [3.63, 3.8) is 0 Å². The molecule has 1 aromatic heterocycles. The van der Waals surface area contributed by atoms with Crippen LogP contribution in [-0.2, 0) is 6.42 Å². The van der Waals surface area contributed by atoms with Crippen molar-refractivity contribution < 1.29 is 9.26 Å². The van der Waals surface area contributed by atoms with Crippen molar-refractivity contribution in [2.75, 3.05) is 6.61 Å². The maximum Gasteiger partial charge on any atom is 0.263 e. The van der Waals surface area contributed by atoms with Crippen LogP contribution in [0.4, 0.5) is 0 Å². The lowest BCUT2D eigenvalue weighted by Gasteiger charge is -2.02. The average Bonchev–Trinajstić information content (AvgIpc) is 2.66. The molecule has 2 rings (SSSR count). The lowest BCUT2D eigenvalue weighted by molar-refractivity contribution is 0.292. The van der Waals surface area contributed by atoms with Crippen molar-refractivity contribution in [3.8, 4) is 5.75 Å². The number of aromatic nitrogens is 2. The minimum atomic E-state index is 0.129. The molecule has 0 fully saturated rings. The number of halogens is 1. The lowest BCUT2D eigenvalue weighted by Crippen LogP contribution is -2.01. The highest BCUT2D eigenvalue weighted by Gasteiger charge is 2.03. The zero-order chi connectivity index (χ0) is 10.5. The second kappa shape index (κ2) is 4.79. The third-order valence-corrected chi connectivity index (χ3v) is 1.92. The number of benzene rings is 1. The molecule has 0 spiro atoms. The SMILES string of the molecule is Clc1noc(CCOc2ccccc2)n1. The quantitative estimate of drug-likeness (QED) is 0.800. The third kappa shape index (κ3) is 2.95. The molecule has 15 heavy (non-hydrogen) atoms. The zero-order valence-corrected chi connectivity index (χ0v) is 8.65. The molecule has 1 aromatic carbocycles. The predicted molar refractivity (Wildman–Crippen MR) is 54.9 cm³/mol. The molecule has 0 radical (unpaired) electrons. The Bertz CT molecular complexity index is 416. The average molecular weight is 225 g/mol. The summed E-state index contributed by atoms with van der Waals surface area (Å²) in [5, 5.41) is 3.60. The molecule has 0 amide bonds. The highest BCUT2D eigenvalue weighted by molar-refractivity contribution is 6.28. The van der Waals surface area contributed by atoms with E-state index in [9.17, 15) is 0 Å². The summed E-state index contributed by atoms with van der Waals surface area (Å²) < 4.78 is 10.3. The molecule has 0 N–H and O–H groups in total. The molecule has 0 bridgehead atoms. The van der Waals surface area contributed by atoms with Crippen molar-refractivity contribution >= 4 is 11.6 Å². The highest BCUT2D eigenvalue weighted by atomic mass is 35.5. The van der Waals surface area contributed by atoms with Crippen LogP contribution in [0.15, 0.2) is 34.9 Å². The summed E-state index contributed by atoms with van der Waals surface area (Å²) >= 11 is 5.50. The summed E-state index contributed by atoms with van der Waals surface area (Å²) in [4.78, 5) is 3.85. The van der Waals surface area contributed by atoms with Gasteiger partial charge in [-0.2, -0.15) is 4.98 Å². The van der Waals surface area contributed by atoms with E-state index in [1.165, 1.54) is 0 Å². The summed E-state index contributed by atoms with van der Waals surface area (Å²) in [5.74, 6) is 1.30. The fraction of sp³-hybridized carbons (Fsp3) is 0.200. The van der Waals surface area contributed by atoms with Crippen molar-refractivity contribution in [3.05, 3.63) is 41.5 Å². The van der Waals surface area contributed by atoms with Gasteiger partial charge in [0.15, 0.2) is 0 Å². The van der Waals surface area contributed by atoms with Crippen LogP contribution >= 0.6 is 11.6 Å². The van der Waals surface area contributed by atoms with E-state index in [0.717, 1.165) is 5.75 Å². The second-order valence-electron chi connectivity index (χ2n) is 2.87. The summed E-state index contributed by atoms with van der Waals surface area (Å²) in [7, 11) is 0. The maximum atomic E-state index is 5.50. The van der Waals surface area contributed by atoms with Crippen LogP contribution in [0, 0.1) is 0 Å². The van der Waals surface area contributed by atoms with E-state index in [0.29, 0.717) is 18.9 Å². The fourth-order valence-corrected chi connectivity index (χ4v) is 1.24. The minimum absolute atomic E-state index is 0.129. The van der Waals surface area contributed by atoms with Crippen LogP contribution in [0.1, 0.15) is 5.89 Å². The Labute approximate surface area is 91.8 Å². The molecule has 0 saturated carbocycles. The van der Waals surface area contributed by atoms with Gasteiger partial charge in [-0.25, -0.2) is 0 Å². The van der Waals surface area contributed by atoms with Gasteiger partial charge in [0.2, 0.25) is 5.89 Å². The summed E-state index contributed by atoms with van der Waals surface area (Å²) in [6.07, 6.45) is 0.550. The molecular weight excluding hydrogens is 216 g/mol. The molecule has 0 aliphatic carbocycles. The molecule has 0 unspecified atom stereocenters. The number of rotatable bonds is 4. The van der Waals surface area contributed by atoms with Crippen LogP contribution in [0.2, 0.25) is 5.28 Å². The molecule has 1 heterocycles. The Morgan fingerprint density at radius 2 is 2.07 bits per heavy atom. The molecule has 0 aliphatic rings. The standard InChI is InChI=1S/C10H9ClN2O2/c11-10-12-9(15-13-10)6-7-14-8-4-2-1-3-5-8/h1-5H,6-7H2. The van der Waals surface area contributed by atoms with Crippen LogP contribution in [0.3, 0.4) is 0 Å². The number of hydrogen-bond acceptors (Lipinski definition) is 4. The van der Waals surface area contributed by atoms with E-state index in [-0.39, 0.29) is 5.28 Å². The maximum absolute atomic E-state index is 5.50. The molecule has 2 aromatic rings. The van der Waals surface area contributed by atoms with Crippen molar-refractivity contribution in [1.29, 1.82) is 0 Å². The fourth-order valence-electron chi connectivity index (χ4n) is 1.11. The Kier molecular flexibility index (Phi) is 3.19. The van der Waals surface area contributed by atoms with Gasteiger partial charge in [-0.05, 0) is 28.9 Å². The molecule has 0 saturated heterocycles. The number of para-hydroxylation sites is 1. The summed E-state index contributed by atoms with van der Waals surface area (Å²) in [6.45, 7) is 0.489. The Hall–Kier alpha value is -1.55. The zero-order valence-electron chi connectivity index (χ0n) is 7.89. The molecule has 0 aliphatic heterocycles. The first-order chi connectivity index (χ1) is 7.34. The Morgan fingerprint density at radius 1 is 1.27 bits per heavy atom. The normalized spacial score (nSPS) is 10.2. The van der Waals surface area contributed by atoms with E-state index >= 15 is 0 Å². The first-order valence-electron chi connectivity index (χ1n) is 4.50. The van der Waals surface area contributed by atoms with Crippen molar-refractivity contribution in [2.24, 2.45) is 0 Å². The lowest BCUT2D eigenvalue weighted by atomic mass is 10.3. The Balaban J connectivity index is 1.80.